The fourth-order valence-electron chi connectivity index (χ4n) is 3.55. The Labute approximate surface area is 193 Å². The summed E-state index contributed by atoms with van der Waals surface area (Å²) in [4.78, 5) is 31.4. The SMILES string of the molecule is CC(C)(C)c1ccc(OP(O)c2c(-c3ccccc3)cccc2P(O)O)c(C(C)(C)C)c1. The molecule has 6 heteroatoms. The molecule has 0 fully saturated rings. The first kappa shape index (κ1) is 24.8. The van der Waals surface area contributed by atoms with Gasteiger partial charge in [0.2, 0.25) is 0 Å². The lowest BCUT2D eigenvalue weighted by molar-refractivity contribution is 0.476. The van der Waals surface area contributed by atoms with Gasteiger partial charge in [0.25, 0.3) is 8.38 Å². The van der Waals surface area contributed by atoms with Crippen LogP contribution in [0.4, 0.5) is 0 Å². The highest BCUT2D eigenvalue weighted by atomic mass is 31.2. The summed E-state index contributed by atoms with van der Waals surface area (Å²) in [7, 11) is -4.56. The third-order valence-corrected chi connectivity index (χ3v) is 7.56. The van der Waals surface area contributed by atoms with Gasteiger partial charge in [0, 0.05) is 10.9 Å². The molecule has 0 spiro atoms. The summed E-state index contributed by atoms with van der Waals surface area (Å²) in [5.74, 6) is 0.605. The first-order valence-electron chi connectivity index (χ1n) is 10.6. The maximum absolute atomic E-state index is 11.3. The zero-order valence-corrected chi connectivity index (χ0v) is 21.3. The Balaban J connectivity index is 2.11. The van der Waals surface area contributed by atoms with Gasteiger partial charge >= 0.3 is 0 Å². The summed E-state index contributed by atoms with van der Waals surface area (Å²) in [6.07, 6.45) is 0. The minimum Gasteiger partial charge on any atom is -0.444 e. The molecule has 0 heterocycles. The van der Waals surface area contributed by atoms with Gasteiger partial charge in [0.1, 0.15) is 5.75 Å². The summed E-state index contributed by atoms with van der Waals surface area (Å²) in [6.45, 7) is 12.9. The summed E-state index contributed by atoms with van der Waals surface area (Å²) < 4.78 is 6.19. The van der Waals surface area contributed by atoms with Crippen LogP contribution in [0.15, 0.2) is 66.7 Å². The lowest BCUT2D eigenvalue weighted by atomic mass is 9.80. The number of benzene rings is 3. The molecule has 0 saturated carbocycles. The van der Waals surface area contributed by atoms with Gasteiger partial charge in [-0.25, -0.2) is 0 Å². The van der Waals surface area contributed by atoms with Gasteiger partial charge in [-0.1, -0.05) is 96.1 Å². The molecule has 1 atom stereocenters. The van der Waals surface area contributed by atoms with Crippen molar-refractivity contribution in [3.05, 3.63) is 77.9 Å². The first-order valence-corrected chi connectivity index (χ1v) is 13.0. The molecule has 0 radical (unpaired) electrons. The second kappa shape index (κ2) is 9.59. The fourth-order valence-corrected chi connectivity index (χ4v) is 5.72. The van der Waals surface area contributed by atoms with Crippen LogP contribution < -0.4 is 15.1 Å². The normalized spacial score (nSPS) is 13.3. The second-order valence-electron chi connectivity index (χ2n) is 9.90. The van der Waals surface area contributed by atoms with E-state index in [2.05, 4.69) is 47.6 Å². The van der Waals surface area contributed by atoms with Crippen LogP contribution in [0.25, 0.3) is 11.1 Å². The average molecular weight is 470 g/mol. The van der Waals surface area contributed by atoms with E-state index in [1.165, 1.54) is 5.56 Å². The molecule has 3 rings (SSSR count). The van der Waals surface area contributed by atoms with Crippen LogP contribution in [-0.4, -0.2) is 14.7 Å². The van der Waals surface area contributed by atoms with Gasteiger partial charge < -0.3 is 19.2 Å². The molecule has 32 heavy (non-hydrogen) atoms. The molecule has 3 N–H and O–H groups in total. The Kier molecular flexibility index (Phi) is 7.44. The molecule has 0 saturated heterocycles. The minimum atomic E-state index is -2.40. The molecule has 4 nitrogen and oxygen atoms in total. The maximum atomic E-state index is 11.3. The maximum Gasteiger partial charge on any atom is 0.263 e. The average Bonchev–Trinajstić information content (AvgIpc) is 2.72. The quantitative estimate of drug-likeness (QED) is 0.408. The van der Waals surface area contributed by atoms with Gasteiger partial charge in [-0.05, 0) is 39.7 Å². The molecule has 0 aliphatic rings. The predicted molar refractivity (Wildman–Crippen MR) is 136 cm³/mol. The molecule has 0 aliphatic heterocycles. The van der Waals surface area contributed by atoms with E-state index < -0.39 is 16.8 Å². The van der Waals surface area contributed by atoms with Gasteiger partial charge in [-0.3, -0.25) is 0 Å². The van der Waals surface area contributed by atoms with E-state index in [1.54, 1.807) is 12.1 Å². The van der Waals surface area contributed by atoms with Crippen molar-refractivity contribution in [2.24, 2.45) is 0 Å². The second-order valence-corrected chi connectivity index (χ2v) is 12.1. The Bertz CT molecular complexity index is 1070. The Hall–Kier alpha value is -1.80. The third kappa shape index (κ3) is 5.57. The van der Waals surface area contributed by atoms with Crippen molar-refractivity contribution < 1.29 is 19.2 Å². The highest BCUT2D eigenvalue weighted by Crippen LogP contribution is 2.43. The summed E-state index contributed by atoms with van der Waals surface area (Å²) >= 11 is 0. The van der Waals surface area contributed by atoms with Gasteiger partial charge in [-0.15, -0.1) is 0 Å². The van der Waals surface area contributed by atoms with E-state index in [1.807, 2.05) is 48.5 Å². The molecule has 0 aromatic heterocycles. The van der Waals surface area contributed by atoms with Crippen molar-refractivity contribution >= 4 is 27.4 Å². The number of hydrogen-bond acceptors (Lipinski definition) is 4. The minimum absolute atomic E-state index is 0.0147. The van der Waals surface area contributed by atoms with E-state index in [-0.39, 0.29) is 10.8 Å². The monoisotopic (exact) mass is 470 g/mol. The summed E-state index contributed by atoms with van der Waals surface area (Å²) in [6, 6.07) is 21.0. The summed E-state index contributed by atoms with van der Waals surface area (Å²) in [5.41, 5.74) is 3.59. The van der Waals surface area contributed by atoms with Gasteiger partial charge in [0.05, 0.1) is 5.30 Å². The topological polar surface area (TPSA) is 69.9 Å². The fraction of sp³-hybridized carbons (Fsp3) is 0.308. The van der Waals surface area contributed by atoms with E-state index >= 15 is 0 Å². The smallest absolute Gasteiger partial charge is 0.263 e. The van der Waals surface area contributed by atoms with E-state index in [0.29, 0.717) is 16.4 Å². The largest absolute Gasteiger partial charge is 0.444 e. The van der Waals surface area contributed by atoms with Crippen LogP contribution in [0.1, 0.15) is 52.7 Å². The molecule has 1 unspecified atom stereocenters. The lowest BCUT2D eigenvalue weighted by Crippen LogP contribution is -2.26. The molecule has 0 amide bonds. The van der Waals surface area contributed by atoms with Crippen molar-refractivity contribution in [3.8, 4) is 16.9 Å². The van der Waals surface area contributed by atoms with Gasteiger partial charge in [-0.2, -0.15) is 0 Å². The van der Waals surface area contributed by atoms with E-state index in [0.717, 1.165) is 16.7 Å². The molecule has 3 aromatic rings. The molecule has 0 bridgehead atoms. The van der Waals surface area contributed by atoms with Gasteiger partial charge in [0.15, 0.2) is 8.38 Å². The highest BCUT2D eigenvalue weighted by Gasteiger charge is 2.28. The zero-order valence-electron chi connectivity index (χ0n) is 19.5. The van der Waals surface area contributed by atoms with Crippen LogP contribution in [-0.2, 0) is 10.8 Å². The first-order chi connectivity index (χ1) is 14.9. The van der Waals surface area contributed by atoms with Crippen molar-refractivity contribution in [1.29, 1.82) is 0 Å². The molecular weight excluding hydrogens is 438 g/mol. The Morgan fingerprint density at radius 3 is 1.94 bits per heavy atom. The van der Waals surface area contributed by atoms with Crippen LogP contribution in [0.5, 0.6) is 5.75 Å². The van der Waals surface area contributed by atoms with E-state index in [4.69, 9.17) is 4.52 Å². The van der Waals surface area contributed by atoms with E-state index in [9.17, 15) is 14.7 Å². The number of hydrogen-bond donors (Lipinski definition) is 3. The number of rotatable bonds is 5. The van der Waals surface area contributed by atoms with Crippen molar-refractivity contribution in [3.63, 3.8) is 0 Å². The highest BCUT2D eigenvalue weighted by molar-refractivity contribution is 7.62. The third-order valence-electron chi connectivity index (χ3n) is 5.34. The van der Waals surface area contributed by atoms with Crippen molar-refractivity contribution in [2.45, 2.75) is 52.4 Å². The Morgan fingerprint density at radius 1 is 0.719 bits per heavy atom. The van der Waals surface area contributed by atoms with Crippen LogP contribution in [0.2, 0.25) is 0 Å². The van der Waals surface area contributed by atoms with Crippen LogP contribution in [0.3, 0.4) is 0 Å². The van der Waals surface area contributed by atoms with Crippen LogP contribution >= 0.6 is 16.8 Å². The Morgan fingerprint density at radius 2 is 1.38 bits per heavy atom. The zero-order chi connectivity index (χ0) is 23.7. The lowest BCUT2D eigenvalue weighted by Gasteiger charge is -2.28. The molecule has 3 aromatic carbocycles. The predicted octanol–water partition coefficient (Wildman–Crippen LogP) is 5.88. The molecule has 0 aliphatic carbocycles. The van der Waals surface area contributed by atoms with Crippen molar-refractivity contribution in [2.75, 3.05) is 0 Å². The van der Waals surface area contributed by atoms with Crippen molar-refractivity contribution in [1.82, 2.24) is 0 Å². The summed E-state index contributed by atoms with van der Waals surface area (Å²) in [5, 5.41) is 0.739. The standard InChI is InChI=1S/C26H32O4P2/c1-25(2,3)19-15-16-22(21(17-19)26(4,5)6)30-32(29)24-20(18-11-8-7-9-12-18)13-10-14-23(24)31(27)28/h7-17,27-29H,1-6H3. The molecule has 170 valence electrons. The molecular formula is C26H32O4P2. The van der Waals surface area contributed by atoms with Crippen LogP contribution in [0, 0.1) is 0 Å².